The van der Waals surface area contributed by atoms with Crippen molar-refractivity contribution in [3.05, 3.63) is 29.6 Å². The van der Waals surface area contributed by atoms with E-state index in [2.05, 4.69) is 31.6 Å². The summed E-state index contributed by atoms with van der Waals surface area (Å²) in [6, 6.07) is 4.87. The van der Waals surface area contributed by atoms with Crippen LogP contribution >= 0.6 is 0 Å². The molecule has 0 saturated heterocycles. The summed E-state index contributed by atoms with van der Waals surface area (Å²) < 4.78 is 0. The van der Waals surface area contributed by atoms with Gasteiger partial charge in [0.2, 0.25) is 0 Å². The van der Waals surface area contributed by atoms with E-state index in [-0.39, 0.29) is 40.3 Å². The van der Waals surface area contributed by atoms with Crippen LogP contribution in [0.1, 0.15) is 21.0 Å². The first-order valence-corrected chi connectivity index (χ1v) is 7.93. The van der Waals surface area contributed by atoms with Crippen LogP contribution in [0.4, 0.5) is 0 Å². The van der Waals surface area contributed by atoms with Crippen molar-refractivity contribution in [1.82, 2.24) is 31.6 Å². The minimum absolute atomic E-state index is 0. The Hall–Kier alpha value is -1.51. The number of hydrogen-bond acceptors (Lipinski definition) is 6. The zero-order valence-corrected chi connectivity index (χ0v) is 14.6. The third-order valence-electron chi connectivity index (χ3n) is 3.35. The largest absolute Gasteiger partial charge is 2.00 e. The van der Waals surface area contributed by atoms with Crippen LogP contribution in [0.3, 0.4) is 0 Å². The number of aromatic nitrogens is 1. The first-order valence-electron chi connectivity index (χ1n) is 7.93. The molecule has 2 rings (SSSR count). The maximum Gasteiger partial charge on any atom is 2.00 e. The van der Waals surface area contributed by atoms with Gasteiger partial charge in [-0.25, -0.2) is 4.98 Å². The van der Waals surface area contributed by atoms with Crippen molar-refractivity contribution in [3.8, 4) is 0 Å². The summed E-state index contributed by atoms with van der Waals surface area (Å²) in [6.45, 7) is 5.83. The summed E-state index contributed by atoms with van der Waals surface area (Å²) in [5.74, 6) is -0.551. The molecule has 0 radical (unpaired) electrons. The fourth-order valence-corrected chi connectivity index (χ4v) is 2.13. The summed E-state index contributed by atoms with van der Waals surface area (Å²) in [4.78, 5) is 28.2. The third-order valence-corrected chi connectivity index (χ3v) is 3.35. The van der Waals surface area contributed by atoms with Crippen molar-refractivity contribution in [1.29, 1.82) is 0 Å². The zero-order valence-electron chi connectivity index (χ0n) is 13.5. The van der Waals surface area contributed by atoms with Crippen molar-refractivity contribution in [2.24, 2.45) is 0 Å². The van der Waals surface area contributed by atoms with Crippen molar-refractivity contribution in [3.63, 3.8) is 0 Å². The first kappa shape index (κ1) is 20.5. The zero-order chi connectivity index (χ0) is 16.3. The molecule has 8 nitrogen and oxygen atoms in total. The molecule has 0 saturated carbocycles. The second-order valence-corrected chi connectivity index (χ2v) is 5.17. The molecule has 2 amide bonds. The Balaban J connectivity index is 0.00000288. The second-order valence-electron chi connectivity index (χ2n) is 5.17. The second kappa shape index (κ2) is 11.9. The standard InChI is InChI=1S/C15H24N6O2.Fe/c22-14-12-2-1-3-13(21-12)15(23)20-11-9-18-7-5-16-4-6-17-8-10-19-14;/h1-3,16-18H,4-11H2,(H,19,22)(H,20,23);/q;+2. The minimum Gasteiger partial charge on any atom is -0.349 e. The van der Waals surface area contributed by atoms with Gasteiger partial charge in [0, 0.05) is 52.4 Å². The van der Waals surface area contributed by atoms with Gasteiger partial charge in [0.1, 0.15) is 11.4 Å². The SMILES string of the molecule is O=C1NCCNCCNCCNCCNC(=O)c2cccc1n2.[Fe+2]. The fraction of sp³-hybridized carbons (Fsp3) is 0.533. The van der Waals surface area contributed by atoms with Gasteiger partial charge in [-0.15, -0.1) is 0 Å². The van der Waals surface area contributed by atoms with Crippen LogP contribution in [-0.2, 0) is 17.1 Å². The van der Waals surface area contributed by atoms with E-state index in [4.69, 9.17) is 0 Å². The van der Waals surface area contributed by atoms with Crippen LogP contribution in [0.2, 0.25) is 0 Å². The van der Waals surface area contributed by atoms with Crippen LogP contribution in [0.25, 0.3) is 0 Å². The van der Waals surface area contributed by atoms with Crippen LogP contribution in [0.15, 0.2) is 18.2 Å². The fourth-order valence-electron chi connectivity index (χ4n) is 2.13. The van der Waals surface area contributed by atoms with Gasteiger partial charge in [-0.3, -0.25) is 9.59 Å². The summed E-state index contributed by atoms with van der Waals surface area (Å²) in [6.07, 6.45) is 0. The van der Waals surface area contributed by atoms with Crippen molar-refractivity contribution < 1.29 is 26.7 Å². The van der Waals surface area contributed by atoms with E-state index < -0.39 is 0 Å². The van der Waals surface area contributed by atoms with E-state index in [1.165, 1.54) is 0 Å². The number of carbonyl (C=O) groups is 2. The van der Waals surface area contributed by atoms with Gasteiger partial charge in [0.25, 0.3) is 11.8 Å². The molecule has 1 aliphatic heterocycles. The molecule has 0 atom stereocenters. The summed E-state index contributed by atoms with van der Waals surface area (Å²) in [5.41, 5.74) is 0.497. The Labute approximate surface area is 152 Å². The van der Waals surface area contributed by atoms with E-state index in [1.54, 1.807) is 18.2 Å². The van der Waals surface area contributed by atoms with Gasteiger partial charge < -0.3 is 26.6 Å². The number of nitrogens with one attached hydrogen (secondary N) is 5. The van der Waals surface area contributed by atoms with E-state index in [9.17, 15) is 9.59 Å². The number of rotatable bonds is 0. The molecule has 0 aromatic carbocycles. The normalized spacial score (nSPS) is 18.3. The van der Waals surface area contributed by atoms with Gasteiger partial charge in [-0.1, -0.05) is 6.07 Å². The number of carbonyl (C=O) groups excluding carboxylic acids is 2. The average molecular weight is 376 g/mol. The summed E-state index contributed by atoms with van der Waals surface area (Å²) in [7, 11) is 0. The van der Waals surface area contributed by atoms with Crippen molar-refractivity contribution >= 4 is 11.8 Å². The monoisotopic (exact) mass is 376 g/mol. The Morgan fingerprint density at radius 3 is 1.46 bits per heavy atom. The molecule has 9 heteroatoms. The maximum absolute atomic E-state index is 12.0. The van der Waals surface area contributed by atoms with Gasteiger partial charge in [-0.05, 0) is 12.1 Å². The average Bonchev–Trinajstić information content (AvgIpc) is 2.58. The number of fused-ring (bicyclic) bond motifs is 2. The third kappa shape index (κ3) is 7.37. The Morgan fingerprint density at radius 2 is 1.04 bits per heavy atom. The molecule has 1 aromatic rings. The Kier molecular flexibility index (Phi) is 10.2. The van der Waals surface area contributed by atoms with E-state index >= 15 is 0 Å². The quantitative estimate of drug-likeness (QED) is 0.347. The number of hydrogen-bond donors (Lipinski definition) is 5. The maximum atomic E-state index is 12.0. The molecule has 0 aliphatic carbocycles. The number of pyridine rings is 1. The Morgan fingerprint density at radius 1 is 0.667 bits per heavy atom. The van der Waals surface area contributed by atoms with Crippen molar-refractivity contribution in [2.45, 2.75) is 0 Å². The van der Waals surface area contributed by atoms with Crippen LogP contribution < -0.4 is 26.6 Å². The topological polar surface area (TPSA) is 107 Å². The Bertz CT molecular complexity index is 487. The smallest absolute Gasteiger partial charge is 0.349 e. The van der Waals surface area contributed by atoms with Gasteiger partial charge in [0.05, 0.1) is 0 Å². The molecule has 2 bridgehead atoms. The molecule has 1 aliphatic rings. The van der Waals surface area contributed by atoms with E-state index in [0.29, 0.717) is 26.2 Å². The van der Waals surface area contributed by atoms with E-state index in [1.807, 2.05) is 0 Å². The minimum atomic E-state index is -0.276. The van der Waals surface area contributed by atoms with E-state index in [0.717, 1.165) is 26.2 Å². The van der Waals surface area contributed by atoms with Crippen LogP contribution in [-0.4, -0.2) is 69.2 Å². The molecular formula is C15H24FeN6O2+2. The predicted molar refractivity (Wildman–Crippen MR) is 87.5 cm³/mol. The predicted octanol–water partition coefficient (Wildman–Crippen LogP) is -1.68. The van der Waals surface area contributed by atoms with Gasteiger partial charge in [-0.2, -0.15) is 0 Å². The molecule has 24 heavy (non-hydrogen) atoms. The van der Waals surface area contributed by atoms with Crippen LogP contribution in [0.5, 0.6) is 0 Å². The summed E-state index contributed by atoms with van der Waals surface area (Å²) >= 11 is 0. The molecule has 0 fully saturated rings. The van der Waals surface area contributed by atoms with Gasteiger partial charge in [0.15, 0.2) is 0 Å². The van der Waals surface area contributed by atoms with Gasteiger partial charge >= 0.3 is 17.1 Å². The molecule has 1 aromatic heterocycles. The first-order chi connectivity index (χ1) is 11.3. The molecule has 5 N–H and O–H groups in total. The van der Waals surface area contributed by atoms with Crippen molar-refractivity contribution in [2.75, 3.05) is 52.4 Å². The molecule has 2 heterocycles. The number of nitrogens with zero attached hydrogens (tertiary/aromatic N) is 1. The molecule has 132 valence electrons. The molecule has 0 unspecified atom stereocenters. The molecule has 0 spiro atoms. The van der Waals surface area contributed by atoms with Crippen LogP contribution in [0, 0.1) is 0 Å². The molecular weight excluding hydrogens is 352 g/mol. The number of amides is 2. The summed E-state index contributed by atoms with van der Waals surface area (Å²) in [5, 5.41) is 15.4.